The molecule has 18 heavy (non-hydrogen) atoms. The molecule has 0 spiro atoms. The molecule has 0 aliphatic carbocycles. The third-order valence-corrected chi connectivity index (χ3v) is 3.70. The van der Waals surface area contributed by atoms with E-state index in [-0.39, 0.29) is 0 Å². The standard InChI is InChI=1S/C14H21ClN2O/c1-11-9-17(10-14(11)16)7-2-8-18-13-5-3-12(15)4-6-13/h3-6,11,14H,2,7-10,16H2,1H3. The van der Waals surface area contributed by atoms with Crippen LogP contribution in [0.25, 0.3) is 0 Å². The van der Waals surface area contributed by atoms with E-state index in [1.54, 1.807) is 0 Å². The Hall–Kier alpha value is -0.770. The van der Waals surface area contributed by atoms with Gasteiger partial charge in [0.2, 0.25) is 0 Å². The van der Waals surface area contributed by atoms with E-state index in [4.69, 9.17) is 22.1 Å². The lowest BCUT2D eigenvalue weighted by Gasteiger charge is -2.15. The van der Waals surface area contributed by atoms with Gasteiger partial charge >= 0.3 is 0 Å². The van der Waals surface area contributed by atoms with Crippen LogP contribution in [0, 0.1) is 5.92 Å². The Kier molecular flexibility index (Phi) is 4.87. The highest BCUT2D eigenvalue weighted by molar-refractivity contribution is 6.30. The Morgan fingerprint density at radius 2 is 2.06 bits per heavy atom. The number of likely N-dealkylation sites (tertiary alicyclic amines) is 1. The molecule has 1 aliphatic heterocycles. The molecule has 1 aliphatic rings. The van der Waals surface area contributed by atoms with E-state index in [0.29, 0.717) is 12.0 Å². The molecule has 0 amide bonds. The van der Waals surface area contributed by atoms with Gasteiger partial charge in [-0.1, -0.05) is 18.5 Å². The molecule has 2 atom stereocenters. The summed E-state index contributed by atoms with van der Waals surface area (Å²) in [5, 5.41) is 0.738. The quantitative estimate of drug-likeness (QED) is 0.834. The third-order valence-electron chi connectivity index (χ3n) is 3.45. The first-order chi connectivity index (χ1) is 8.65. The second kappa shape index (κ2) is 6.41. The molecule has 2 rings (SSSR count). The summed E-state index contributed by atoms with van der Waals surface area (Å²) in [5.41, 5.74) is 5.99. The molecule has 100 valence electrons. The monoisotopic (exact) mass is 268 g/mol. The van der Waals surface area contributed by atoms with Gasteiger partial charge in [-0.25, -0.2) is 0 Å². The molecule has 0 saturated carbocycles. The lowest BCUT2D eigenvalue weighted by molar-refractivity contribution is 0.259. The summed E-state index contributed by atoms with van der Waals surface area (Å²) >= 11 is 5.81. The van der Waals surface area contributed by atoms with E-state index < -0.39 is 0 Å². The number of rotatable bonds is 5. The molecule has 1 heterocycles. The molecule has 1 saturated heterocycles. The van der Waals surface area contributed by atoms with E-state index in [2.05, 4.69) is 11.8 Å². The number of hydrogen-bond donors (Lipinski definition) is 1. The zero-order chi connectivity index (χ0) is 13.0. The summed E-state index contributed by atoms with van der Waals surface area (Å²) in [7, 11) is 0. The first kappa shape index (κ1) is 13.7. The van der Waals surface area contributed by atoms with Crippen molar-refractivity contribution in [3.05, 3.63) is 29.3 Å². The first-order valence-electron chi connectivity index (χ1n) is 6.51. The average molecular weight is 269 g/mol. The van der Waals surface area contributed by atoms with Crippen LogP contribution in [-0.4, -0.2) is 37.2 Å². The summed E-state index contributed by atoms with van der Waals surface area (Å²) in [6, 6.07) is 7.82. The molecule has 0 bridgehead atoms. The van der Waals surface area contributed by atoms with Crippen LogP contribution in [0.15, 0.2) is 24.3 Å². The van der Waals surface area contributed by atoms with Gasteiger partial charge in [0, 0.05) is 30.7 Å². The van der Waals surface area contributed by atoms with Crippen LogP contribution in [0.4, 0.5) is 0 Å². The smallest absolute Gasteiger partial charge is 0.119 e. The fourth-order valence-corrected chi connectivity index (χ4v) is 2.41. The average Bonchev–Trinajstić information content (AvgIpc) is 2.67. The maximum Gasteiger partial charge on any atom is 0.119 e. The van der Waals surface area contributed by atoms with Gasteiger partial charge in [0.1, 0.15) is 5.75 Å². The Bertz CT molecular complexity index is 359. The van der Waals surface area contributed by atoms with Crippen LogP contribution in [0.3, 0.4) is 0 Å². The summed E-state index contributed by atoms with van der Waals surface area (Å²) in [4.78, 5) is 2.42. The maximum absolute atomic E-state index is 5.99. The Morgan fingerprint density at radius 3 is 2.67 bits per heavy atom. The Balaban J connectivity index is 1.63. The zero-order valence-corrected chi connectivity index (χ0v) is 11.6. The lowest BCUT2D eigenvalue weighted by atomic mass is 10.1. The van der Waals surface area contributed by atoms with Gasteiger partial charge in [0.25, 0.3) is 0 Å². The second-order valence-corrected chi connectivity index (χ2v) is 5.49. The van der Waals surface area contributed by atoms with Crippen LogP contribution >= 0.6 is 11.6 Å². The summed E-state index contributed by atoms with van der Waals surface area (Å²) in [6.45, 7) is 6.15. The van der Waals surface area contributed by atoms with Crippen molar-refractivity contribution < 1.29 is 4.74 Å². The Morgan fingerprint density at radius 1 is 1.33 bits per heavy atom. The van der Waals surface area contributed by atoms with Gasteiger partial charge in [0.05, 0.1) is 6.61 Å². The normalized spacial score (nSPS) is 24.4. The number of benzene rings is 1. The van der Waals surface area contributed by atoms with Crippen molar-refractivity contribution in [3.8, 4) is 5.75 Å². The number of ether oxygens (including phenoxy) is 1. The molecule has 1 aromatic rings. The highest BCUT2D eigenvalue weighted by Gasteiger charge is 2.25. The molecule has 2 unspecified atom stereocenters. The molecule has 0 radical (unpaired) electrons. The highest BCUT2D eigenvalue weighted by Crippen LogP contribution is 2.16. The van der Waals surface area contributed by atoms with Crippen molar-refractivity contribution in [2.45, 2.75) is 19.4 Å². The lowest BCUT2D eigenvalue weighted by Crippen LogP contribution is -2.29. The summed E-state index contributed by atoms with van der Waals surface area (Å²) in [5.74, 6) is 1.49. The molecule has 2 N–H and O–H groups in total. The number of hydrogen-bond acceptors (Lipinski definition) is 3. The van der Waals surface area contributed by atoms with Crippen LogP contribution < -0.4 is 10.5 Å². The van der Waals surface area contributed by atoms with Crippen molar-refractivity contribution in [2.75, 3.05) is 26.2 Å². The van der Waals surface area contributed by atoms with Crippen LogP contribution in [0.1, 0.15) is 13.3 Å². The molecular weight excluding hydrogens is 248 g/mol. The zero-order valence-electron chi connectivity index (χ0n) is 10.8. The van der Waals surface area contributed by atoms with Crippen molar-refractivity contribution >= 4 is 11.6 Å². The molecule has 4 heteroatoms. The van der Waals surface area contributed by atoms with Gasteiger partial charge in [-0.05, 0) is 36.6 Å². The minimum atomic E-state index is 0.335. The predicted octanol–water partition coefficient (Wildman–Crippen LogP) is 2.39. The van der Waals surface area contributed by atoms with E-state index >= 15 is 0 Å². The van der Waals surface area contributed by atoms with Gasteiger partial charge in [-0.2, -0.15) is 0 Å². The van der Waals surface area contributed by atoms with Crippen molar-refractivity contribution in [2.24, 2.45) is 11.7 Å². The largest absolute Gasteiger partial charge is 0.494 e. The summed E-state index contributed by atoms with van der Waals surface area (Å²) < 4.78 is 5.66. The van der Waals surface area contributed by atoms with Gasteiger partial charge in [-0.3, -0.25) is 0 Å². The predicted molar refractivity (Wildman–Crippen MR) is 75.1 cm³/mol. The van der Waals surface area contributed by atoms with E-state index in [9.17, 15) is 0 Å². The first-order valence-corrected chi connectivity index (χ1v) is 6.89. The van der Waals surface area contributed by atoms with E-state index in [1.165, 1.54) is 0 Å². The minimum absolute atomic E-state index is 0.335. The maximum atomic E-state index is 5.99. The van der Waals surface area contributed by atoms with Crippen molar-refractivity contribution in [3.63, 3.8) is 0 Å². The van der Waals surface area contributed by atoms with E-state index in [1.807, 2.05) is 24.3 Å². The minimum Gasteiger partial charge on any atom is -0.494 e. The number of nitrogens with zero attached hydrogens (tertiary/aromatic N) is 1. The molecule has 0 aromatic heterocycles. The van der Waals surface area contributed by atoms with Crippen LogP contribution in [-0.2, 0) is 0 Å². The van der Waals surface area contributed by atoms with Crippen molar-refractivity contribution in [1.29, 1.82) is 0 Å². The van der Waals surface area contributed by atoms with Crippen LogP contribution in [0.5, 0.6) is 5.75 Å². The summed E-state index contributed by atoms with van der Waals surface area (Å²) in [6.07, 6.45) is 1.03. The van der Waals surface area contributed by atoms with Gasteiger partial charge < -0.3 is 15.4 Å². The highest BCUT2D eigenvalue weighted by atomic mass is 35.5. The SMILES string of the molecule is CC1CN(CCCOc2ccc(Cl)cc2)CC1N. The molecule has 1 aromatic carbocycles. The number of nitrogens with two attached hydrogens (primary N) is 1. The van der Waals surface area contributed by atoms with E-state index in [0.717, 1.165) is 43.4 Å². The molecule has 3 nitrogen and oxygen atoms in total. The van der Waals surface area contributed by atoms with Gasteiger partial charge in [0.15, 0.2) is 0 Å². The third kappa shape index (κ3) is 3.87. The fraction of sp³-hybridized carbons (Fsp3) is 0.571. The van der Waals surface area contributed by atoms with Gasteiger partial charge in [-0.15, -0.1) is 0 Å². The molecule has 1 fully saturated rings. The van der Waals surface area contributed by atoms with Crippen molar-refractivity contribution in [1.82, 2.24) is 4.90 Å². The molecular formula is C14H21ClN2O. The fourth-order valence-electron chi connectivity index (χ4n) is 2.29. The second-order valence-electron chi connectivity index (χ2n) is 5.06. The number of halogens is 1. The van der Waals surface area contributed by atoms with Crippen LogP contribution in [0.2, 0.25) is 5.02 Å². The Labute approximate surface area is 114 Å². The topological polar surface area (TPSA) is 38.5 Å².